The van der Waals surface area contributed by atoms with E-state index in [2.05, 4.69) is 4.74 Å². The minimum absolute atomic E-state index is 0.0349. The van der Waals surface area contributed by atoms with Gasteiger partial charge in [0.05, 0.1) is 12.0 Å². The van der Waals surface area contributed by atoms with E-state index >= 15 is 0 Å². The maximum Gasteiger partial charge on any atom is 0.330 e. The molecule has 0 bridgehead atoms. The van der Waals surface area contributed by atoms with Gasteiger partial charge in [0, 0.05) is 11.0 Å². The molecular formula is C10H10O3S. The molecule has 4 heteroatoms. The highest BCUT2D eigenvalue weighted by Crippen LogP contribution is 2.18. The van der Waals surface area contributed by atoms with E-state index in [0.717, 1.165) is 4.88 Å². The molecule has 0 saturated carbocycles. The monoisotopic (exact) mass is 210 g/mol. The summed E-state index contributed by atoms with van der Waals surface area (Å²) in [6, 6.07) is 3.53. The van der Waals surface area contributed by atoms with Crippen LogP contribution >= 0.6 is 11.3 Å². The second-order valence-electron chi connectivity index (χ2n) is 2.61. The zero-order chi connectivity index (χ0) is 10.6. The van der Waals surface area contributed by atoms with Crippen molar-refractivity contribution in [2.75, 3.05) is 7.11 Å². The summed E-state index contributed by atoms with van der Waals surface area (Å²) in [5.41, 5.74) is 0. The van der Waals surface area contributed by atoms with Crippen molar-refractivity contribution in [1.29, 1.82) is 0 Å². The molecule has 0 aliphatic carbocycles. The number of rotatable bonds is 3. The molecule has 0 amide bonds. The molecule has 1 aromatic rings. The number of methoxy groups -OCH3 is 1. The highest BCUT2D eigenvalue weighted by Gasteiger charge is 2.02. The largest absolute Gasteiger partial charge is 0.466 e. The fourth-order valence-corrected chi connectivity index (χ4v) is 1.66. The van der Waals surface area contributed by atoms with Gasteiger partial charge >= 0.3 is 5.97 Å². The van der Waals surface area contributed by atoms with E-state index < -0.39 is 5.97 Å². The number of ether oxygens (including phenoxy) is 1. The zero-order valence-corrected chi connectivity index (χ0v) is 8.76. The lowest BCUT2D eigenvalue weighted by Crippen LogP contribution is -1.92. The van der Waals surface area contributed by atoms with Crippen LogP contribution in [0.15, 0.2) is 18.2 Å². The maximum absolute atomic E-state index is 10.9. The molecule has 0 spiro atoms. The van der Waals surface area contributed by atoms with Gasteiger partial charge in [-0.05, 0) is 25.1 Å². The molecule has 0 saturated heterocycles. The normalized spacial score (nSPS) is 10.4. The van der Waals surface area contributed by atoms with Gasteiger partial charge in [-0.25, -0.2) is 4.79 Å². The Bertz CT molecular complexity index is 376. The number of ketones is 1. The van der Waals surface area contributed by atoms with Crippen LogP contribution in [0.4, 0.5) is 0 Å². The van der Waals surface area contributed by atoms with E-state index in [9.17, 15) is 9.59 Å². The van der Waals surface area contributed by atoms with Crippen LogP contribution in [-0.2, 0) is 9.53 Å². The zero-order valence-electron chi connectivity index (χ0n) is 7.94. The van der Waals surface area contributed by atoms with Gasteiger partial charge in [0.25, 0.3) is 0 Å². The molecule has 0 aliphatic rings. The van der Waals surface area contributed by atoms with Crippen LogP contribution in [0.2, 0.25) is 0 Å². The molecule has 14 heavy (non-hydrogen) atoms. The first-order valence-corrected chi connectivity index (χ1v) is 4.82. The Hall–Kier alpha value is -1.42. The highest BCUT2D eigenvalue weighted by atomic mass is 32.1. The van der Waals surface area contributed by atoms with Crippen molar-refractivity contribution in [2.45, 2.75) is 6.92 Å². The SMILES string of the molecule is COC(=O)/C=C/c1ccc(C(C)=O)s1. The first-order valence-electron chi connectivity index (χ1n) is 4.00. The molecule has 1 heterocycles. The van der Waals surface area contributed by atoms with Crippen molar-refractivity contribution in [3.05, 3.63) is 28.0 Å². The predicted molar refractivity (Wildman–Crippen MR) is 55.4 cm³/mol. The molecule has 0 fully saturated rings. The molecule has 0 N–H and O–H groups in total. The second kappa shape index (κ2) is 4.72. The molecule has 1 aromatic heterocycles. The Kier molecular flexibility index (Phi) is 3.59. The molecule has 1 rings (SSSR count). The van der Waals surface area contributed by atoms with Gasteiger partial charge < -0.3 is 4.74 Å². The van der Waals surface area contributed by atoms with Crippen LogP contribution < -0.4 is 0 Å². The van der Waals surface area contributed by atoms with Crippen LogP contribution in [0.25, 0.3) is 6.08 Å². The fourth-order valence-electron chi connectivity index (χ4n) is 0.850. The van der Waals surface area contributed by atoms with Crippen LogP contribution in [0, 0.1) is 0 Å². The molecule has 0 atom stereocenters. The maximum atomic E-state index is 10.9. The number of hydrogen-bond acceptors (Lipinski definition) is 4. The molecule has 0 unspecified atom stereocenters. The van der Waals surface area contributed by atoms with Crippen molar-refractivity contribution >= 4 is 29.2 Å². The Labute approximate surface area is 86.0 Å². The van der Waals surface area contributed by atoms with Crippen molar-refractivity contribution in [2.24, 2.45) is 0 Å². The highest BCUT2D eigenvalue weighted by molar-refractivity contribution is 7.14. The molecule has 0 aromatic carbocycles. The topological polar surface area (TPSA) is 43.4 Å². The van der Waals surface area contributed by atoms with Crippen molar-refractivity contribution in [1.82, 2.24) is 0 Å². The van der Waals surface area contributed by atoms with Crippen LogP contribution in [0.3, 0.4) is 0 Å². The summed E-state index contributed by atoms with van der Waals surface area (Å²) in [4.78, 5) is 23.3. The van der Waals surface area contributed by atoms with Gasteiger partial charge in [0.2, 0.25) is 0 Å². The third kappa shape index (κ3) is 2.81. The molecule has 0 radical (unpaired) electrons. The van der Waals surface area contributed by atoms with E-state index in [1.54, 1.807) is 18.2 Å². The Morgan fingerprint density at radius 2 is 2.14 bits per heavy atom. The molecule has 3 nitrogen and oxygen atoms in total. The average molecular weight is 210 g/mol. The summed E-state index contributed by atoms with van der Waals surface area (Å²) >= 11 is 1.35. The second-order valence-corrected chi connectivity index (χ2v) is 3.73. The minimum Gasteiger partial charge on any atom is -0.466 e. The number of carbonyl (C=O) groups excluding carboxylic acids is 2. The third-order valence-electron chi connectivity index (χ3n) is 1.56. The number of esters is 1. The van der Waals surface area contributed by atoms with Crippen LogP contribution in [0.1, 0.15) is 21.5 Å². The van der Waals surface area contributed by atoms with Crippen molar-refractivity contribution in [3.63, 3.8) is 0 Å². The van der Waals surface area contributed by atoms with Crippen LogP contribution in [-0.4, -0.2) is 18.9 Å². The Morgan fingerprint density at radius 1 is 1.43 bits per heavy atom. The van der Waals surface area contributed by atoms with E-state index in [1.807, 2.05) is 0 Å². The van der Waals surface area contributed by atoms with Gasteiger partial charge in [0.15, 0.2) is 5.78 Å². The number of thiophene rings is 1. The number of Topliss-reactive ketones (excluding diaryl/α,β-unsaturated/α-hetero) is 1. The van der Waals surface area contributed by atoms with E-state index in [0.29, 0.717) is 4.88 Å². The summed E-state index contributed by atoms with van der Waals surface area (Å²) in [5, 5.41) is 0. The van der Waals surface area contributed by atoms with Gasteiger partial charge in [0.1, 0.15) is 0 Å². The van der Waals surface area contributed by atoms with E-state index in [-0.39, 0.29) is 5.78 Å². The third-order valence-corrected chi connectivity index (χ3v) is 2.71. The lowest BCUT2D eigenvalue weighted by atomic mass is 10.3. The lowest BCUT2D eigenvalue weighted by Gasteiger charge is -1.88. The first-order chi connectivity index (χ1) is 6.63. The van der Waals surface area contributed by atoms with E-state index in [4.69, 9.17) is 0 Å². The van der Waals surface area contributed by atoms with Gasteiger partial charge in [-0.3, -0.25) is 4.79 Å². The number of carbonyl (C=O) groups is 2. The first kappa shape index (κ1) is 10.7. The van der Waals surface area contributed by atoms with E-state index in [1.165, 1.54) is 31.4 Å². The molecule has 0 aliphatic heterocycles. The molecule has 74 valence electrons. The summed E-state index contributed by atoms with van der Waals surface area (Å²) in [7, 11) is 1.32. The van der Waals surface area contributed by atoms with Gasteiger partial charge in [-0.2, -0.15) is 0 Å². The Balaban J connectivity index is 2.73. The Morgan fingerprint density at radius 3 is 2.64 bits per heavy atom. The lowest BCUT2D eigenvalue weighted by molar-refractivity contribution is -0.134. The number of hydrogen-bond donors (Lipinski definition) is 0. The van der Waals surface area contributed by atoms with Gasteiger partial charge in [-0.15, -0.1) is 11.3 Å². The predicted octanol–water partition coefficient (Wildman–Crippen LogP) is 2.14. The quantitative estimate of drug-likeness (QED) is 0.436. The summed E-state index contributed by atoms with van der Waals surface area (Å²) < 4.78 is 4.44. The summed E-state index contributed by atoms with van der Waals surface area (Å²) in [6.45, 7) is 1.51. The smallest absolute Gasteiger partial charge is 0.330 e. The van der Waals surface area contributed by atoms with Gasteiger partial charge in [-0.1, -0.05) is 0 Å². The van der Waals surface area contributed by atoms with Crippen LogP contribution in [0.5, 0.6) is 0 Å². The standard InChI is InChI=1S/C10H10O3S/c1-7(11)9-5-3-8(14-9)4-6-10(12)13-2/h3-6H,1-2H3/b6-4+. The van der Waals surface area contributed by atoms with Crippen molar-refractivity contribution < 1.29 is 14.3 Å². The average Bonchev–Trinajstić information content (AvgIpc) is 2.62. The molecular weight excluding hydrogens is 200 g/mol. The fraction of sp³-hybridized carbons (Fsp3) is 0.200. The summed E-state index contributed by atoms with van der Waals surface area (Å²) in [5.74, 6) is -0.365. The summed E-state index contributed by atoms with van der Waals surface area (Å²) in [6.07, 6.45) is 2.96. The minimum atomic E-state index is -0.400. The van der Waals surface area contributed by atoms with Crippen molar-refractivity contribution in [3.8, 4) is 0 Å².